The summed E-state index contributed by atoms with van der Waals surface area (Å²) in [5, 5.41) is 0. The Bertz CT molecular complexity index is 916. The van der Waals surface area contributed by atoms with Gasteiger partial charge in [-0.2, -0.15) is 0 Å². The van der Waals surface area contributed by atoms with E-state index in [0.717, 1.165) is 5.56 Å². The van der Waals surface area contributed by atoms with Crippen LogP contribution in [0.2, 0.25) is 0 Å². The molecule has 0 spiro atoms. The topological polar surface area (TPSA) is 52.3 Å². The van der Waals surface area contributed by atoms with E-state index in [9.17, 15) is 4.79 Å². The second-order valence-electron chi connectivity index (χ2n) is 6.18. The summed E-state index contributed by atoms with van der Waals surface area (Å²) in [6.07, 6.45) is 0.0816. The maximum Gasteiger partial charge on any atom is 0.317 e. The number of esters is 1. The van der Waals surface area contributed by atoms with Crippen molar-refractivity contribution in [2.45, 2.75) is 17.9 Å². The van der Waals surface area contributed by atoms with Crippen LogP contribution in [0, 0.1) is 6.92 Å². The Morgan fingerprint density at radius 3 is 2.52 bits per heavy atom. The van der Waals surface area contributed by atoms with Gasteiger partial charge in [0.25, 0.3) is 0 Å². The van der Waals surface area contributed by atoms with Crippen LogP contribution < -0.4 is 4.74 Å². The molecular weight excluding hydrogens is 378 g/mol. The van der Waals surface area contributed by atoms with Crippen molar-refractivity contribution in [1.82, 2.24) is 4.98 Å². The van der Waals surface area contributed by atoms with E-state index in [1.807, 2.05) is 85.0 Å². The number of aryl methyl sites for hydroxylation is 1. The lowest BCUT2D eigenvalue weighted by molar-refractivity contribution is -0.133. The zero-order valence-electron chi connectivity index (χ0n) is 14.9. The number of oxazole rings is 1. The lowest BCUT2D eigenvalue weighted by Crippen LogP contribution is -2.12. The van der Waals surface area contributed by atoms with Crippen LogP contribution in [0.4, 0.5) is 0 Å². The Kier molecular flexibility index (Phi) is 5.55. The van der Waals surface area contributed by atoms with Crippen molar-refractivity contribution < 1.29 is 13.9 Å². The predicted octanol–water partition coefficient (Wildman–Crippen LogP) is 5.28. The Labute approximate surface area is 166 Å². The number of ether oxygens (including phenoxy) is 1. The first-order chi connectivity index (χ1) is 13.2. The van der Waals surface area contributed by atoms with Crippen molar-refractivity contribution >= 4 is 29.5 Å². The fraction of sp³-hybridized carbons (Fsp3) is 0.238. The second kappa shape index (κ2) is 8.23. The molecule has 138 valence electrons. The summed E-state index contributed by atoms with van der Waals surface area (Å²) >= 11 is 3.91. The predicted molar refractivity (Wildman–Crippen MR) is 110 cm³/mol. The van der Waals surface area contributed by atoms with E-state index in [0.29, 0.717) is 27.7 Å². The van der Waals surface area contributed by atoms with E-state index >= 15 is 0 Å². The third-order valence-electron chi connectivity index (χ3n) is 4.23. The number of carbonyl (C=O) groups is 1. The Morgan fingerprint density at radius 2 is 1.81 bits per heavy atom. The molecule has 0 saturated carbocycles. The fourth-order valence-electron chi connectivity index (χ4n) is 2.84. The first-order valence-electron chi connectivity index (χ1n) is 8.74. The van der Waals surface area contributed by atoms with Gasteiger partial charge in [0.1, 0.15) is 11.5 Å². The van der Waals surface area contributed by atoms with E-state index in [-0.39, 0.29) is 12.4 Å². The van der Waals surface area contributed by atoms with E-state index in [1.165, 1.54) is 17.1 Å². The van der Waals surface area contributed by atoms with Crippen molar-refractivity contribution in [3.8, 4) is 17.2 Å². The van der Waals surface area contributed by atoms with Gasteiger partial charge in [0, 0.05) is 17.1 Å². The monoisotopic (exact) mass is 397 g/mol. The minimum absolute atomic E-state index is 0.0816. The number of aromatic nitrogens is 1. The average Bonchev–Trinajstić information content (AvgIpc) is 3.34. The number of rotatable bonds is 5. The molecule has 0 bridgehead atoms. The maximum atomic E-state index is 12.3. The molecule has 1 aliphatic heterocycles. The molecule has 1 aromatic heterocycles. The van der Waals surface area contributed by atoms with E-state index < -0.39 is 0 Å². The van der Waals surface area contributed by atoms with E-state index in [4.69, 9.17) is 9.15 Å². The van der Waals surface area contributed by atoms with Gasteiger partial charge in [0.2, 0.25) is 5.89 Å². The molecular formula is C21H19NO3S2. The smallest absolute Gasteiger partial charge is 0.317 e. The standard InChI is InChI=1S/C21H19NO3S2/c1-14-18(22-20(24-14)15-5-3-2-4-6-15)13-19(23)25-17-9-7-16(8-10-17)21-26-11-12-27-21/h2-10,21H,11-13H2,1H3. The summed E-state index contributed by atoms with van der Waals surface area (Å²) < 4.78 is 11.7. The third-order valence-corrected chi connectivity index (χ3v) is 7.34. The molecule has 0 radical (unpaired) electrons. The molecule has 0 aliphatic carbocycles. The molecule has 1 aliphatic rings. The Balaban J connectivity index is 1.40. The van der Waals surface area contributed by atoms with Crippen LogP contribution in [0.25, 0.3) is 11.5 Å². The van der Waals surface area contributed by atoms with Crippen LogP contribution in [0.3, 0.4) is 0 Å². The molecule has 1 fully saturated rings. The van der Waals surface area contributed by atoms with Crippen molar-refractivity contribution in [2.75, 3.05) is 11.5 Å². The highest BCUT2D eigenvalue weighted by molar-refractivity contribution is 8.19. The molecule has 0 amide bonds. The molecule has 1 saturated heterocycles. The van der Waals surface area contributed by atoms with Gasteiger partial charge in [0.15, 0.2) is 0 Å². The van der Waals surface area contributed by atoms with Crippen molar-refractivity contribution in [2.24, 2.45) is 0 Å². The van der Waals surface area contributed by atoms with Gasteiger partial charge in [-0.05, 0) is 36.8 Å². The van der Waals surface area contributed by atoms with Gasteiger partial charge in [0.05, 0.1) is 16.7 Å². The highest BCUT2D eigenvalue weighted by atomic mass is 32.2. The molecule has 0 unspecified atom stereocenters. The molecule has 4 rings (SSSR count). The van der Waals surface area contributed by atoms with Gasteiger partial charge in [-0.3, -0.25) is 4.79 Å². The molecule has 6 heteroatoms. The van der Waals surface area contributed by atoms with Crippen molar-refractivity contribution in [1.29, 1.82) is 0 Å². The highest BCUT2D eigenvalue weighted by Crippen LogP contribution is 2.45. The van der Waals surface area contributed by atoms with Gasteiger partial charge in [-0.15, -0.1) is 23.5 Å². The van der Waals surface area contributed by atoms with Crippen LogP contribution >= 0.6 is 23.5 Å². The first-order valence-corrected chi connectivity index (χ1v) is 10.8. The average molecular weight is 398 g/mol. The quantitative estimate of drug-likeness (QED) is 0.431. The number of hydrogen-bond donors (Lipinski definition) is 0. The molecule has 0 N–H and O–H groups in total. The van der Waals surface area contributed by atoms with Crippen LogP contribution in [0.5, 0.6) is 5.75 Å². The SMILES string of the molecule is Cc1oc(-c2ccccc2)nc1CC(=O)Oc1ccc(C2SCCS2)cc1. The lowest BCUT2D eigenvalue weighted by atomic mass is 10.2. The van der Waals surface area contributed by atoms with Gasteiger partial charge < -0.3 is 9.15 Å². The molecule has 4 nitrogen and oxygen atoms in total. The summed E-state index contributed by atoms with van der Waals surface area (Å²) in [7, 11) is 0. The Hall–Kier alpha value is -2.18. The number of nitrogens with zero attached hydrogens (tertiary/aromatic N) is 1. The van der Waals surface area contributed by atoms with Crippen LogP contribution in [0.15, 0.2) is 59.0 Å². The number of hydrogen-bond acceptors (Lipinski definition) is 6. The van der Waals surface area contributed by atoms with Crippen LogP contribution in [-0.2, 0) is 11.2 Å². The first kappa shape index (κ1) is 18.2. The van der Waals surface area contributed by atoms with Gasteiger partial charge in [-0.25, -0.2) is 4.98 Å². The molecule has 0 atom stereocenters. The fourth-order valence-corrected chi connectivity index (χ4v) is 5.70. The van der Waals surface area contributed by atoms with Gasteiger partial charge >= 0.3 is 5.97 Å². The van der Waals surface area contributed by atoms with E-state index in [1.54, 1.807) is 0 Å². The maximum absolute atomic E-state index is 12.3. The number of benzene rings is 2. The summed E-state index contributed by atoms with van der Waals surface area (Å²) in [5.41, 5.74) is 2.76. The summed E-state index contributed by atoms with van der Waals surface area (Å²) in [5.74, 6) is 3.75. The Morgan fingerprint density at radius 1 is 1.11 bits per heavy atom. The number of thioether (sulfide) groups is 2. The summed E-state index contributed by atoms with van der Waals surface area (Å²) in [6, 6.07) is 17.4. The molecule has 3 aromatic rings. The van der Waals surface area contributed by atoms with E-state index in [2.05, 4.69) is 4.98 Å². The normalized spacial score (nSPS) is 14.4. The molecule has 27 heavy (non-hydrogen) atoms. The third kappa shape index (κ3) is 4.39. The summed E-state index contributed by atoms with van der Waals surface area (Å²) in [4.78, 5) is 16.8. The van der Waals surface area contributed by atoms with Gasteiger partial charge in [-0.1, -0.05) is 30.3 Å². The zero-order valence-corrected chi connectivity index (χ0v) is 16.5. The highest BCUT2D eigenvalue weighted by Gasteiger charge is 2.19. The van der Waals surface area contributed by atoms with Crippen molar-refractivity contribution in [3.05, 3.63) is 71.6 Å². The molecule has 2 aromatic carbocycles. The summed E-state index contributed by atoms with van der Waals surface area (Å²) in [6.45, 7) is 1.81. The minimum Gasteiger partial charge on any atom is -0.441 e. The van der Waals surface area contributed by atoms with Crippen LogP contribution in [-0.4, -0.2) is 22.5 Å². The largest absolute Gasteiger partial charge is 0.441 e. The molecule has 2 heterocycles. The number of carbonyl (C=O) groups excluding carboxylic acids is 1. The zero-order chi connectivity index (χ0) is 18.6. The minimum atomic E-state index is -0.344. The van der Waals surface area contributed by atoms with Crippen molar-refractivity contribution in [3.63, 3.8) is 0 Å². The lowest BCUT2D eigenvalue weighted by Gasteiger charge is -2.09. The second-order valence-corrected chi connectivity index (χ2v) is 8.91. The van der Waals surface area contributed by atoms with Crippen LogP contribution in [0.1, 0.15) is 21.6 Å².